The fourth-order valence-corrected chi connectivity index (χ4v) is 6.24. The second-order valence-corrected chi connectivity index (χ2v) is 9.17. The Morgan fingerprint density at radius 1 is 1.04 bits per heavy atom. The third-order valence-corrected chi connectivity index (χ3v) is 7.15. The maximum Gasteiger partial charge on any atom is 0.177 e. The smallest absolute Gasteiger partial charge is 0.177 e. The van der Waals surface area contributed by atoms with Gasteiger partial charge in [0.2, 0.25) is 0 Å². The number of hydrogen-bond acceptors (Lipinski definition) is 4. The Kier molecular flexibility index (Phi) is 4.36. The molecule has 2 fully saturated rings. The molecule has 4 rings (SSSR count). The van der Waals surface area contributed by atoms with Crippen molar-refractivity contribution in [3.05, 3.63) is 60.2 Å². The van der Waals surface area contributed by atoms with Gasteiger partial charge in [-0.05, 0) is 29.9 Å². The highest BCUT2D eigenvalue weighted by Gasteiger charge is 2.52. The minimum atomic E-state index is -3.10. The zero-order valence-corrected chi connectivity index (χ0v) is 16.0. The Bertz CT molecular complexity index is 931. The van der Waals surface area contributed by atoms with Crippen molar-refractivity contribution in [2.45, 2.75) is 18.6 Å². The molecule has 0 N–H and O–H groups in total. The Labute approximate surface area is 159 Å². The van der Waals surface area contributed by atoms with E-state index in [0.29, 0.717) is 17.4 Å². The van der Waals surface area contributed by atoms with Gasteiger partial charge in [0.15, 0.2) is 14.9 Å². The first-order chi connectivity index (χ1) is 12.5. The number of fused-ring (bicyclic) bond motifs is 1. The van der Waals surface area contributed by atoms with E-state index in [9.17, 15) is 8.42 Å². The van der Waals surface area contributed by atoms with E-state index in [4.69, 9.17) is 17.0 Å². The quantitative estimate of drug-likeness (QED) is 0.750. The lowest BCUT2D eigenvalue weighted by Crippen LogP contribution is -2.37. The second-order valence-electron chi connectivity index (χ2n) is 6.65. The first-order valence-corrected chi connectivity index (χ1v) is 10.7. The van der Waals surface area contributed by atoms with Crippen molar-refractivity contribution < 1.29 is 13.2 Å². The molecule has 0 aliphatic carbocycles. The number of nitrogens with zero attached hydrogens (tertiary/aromatic N) is 2. The average molecular weight is 389 g/mol. The molecule has 2 aromatic carbocycles. The van der Waals surface area contributed by atoms with Crippen LogP contribution in [0.25, 0.3) is 0 Å². The van der Waals surface area contributed by atoms with E-state index < -0.39 is 9.84 Å². The van der Waals surface area contributed by atoms with Gasteiger partial charge in [-0.3, -0.25) is 0 Å². The van der Waals surface area contributed by atoms with Crippen LogP contribution in [0.5, 0.6) is 5.75 Å². The number of methoxy groups -OCH3 is 1. The van der Waals surface area contributed by atoms with Gasteiger partial charge in [-0.1, -0.05) is 42.5 Å². The lowest BCUT2D eigenvalue weighted by atomic mass is 10.1. The normalized spacial score (nSPS) is 24.0. The summed E-state index contributed by atoms with van der Waals surface area (Å²) in [5.74, 6) is 0.941. The zero-order valence-electron chi connectivity index (χ0n) is 14.4. The van der Waals surface area contributed by atoms with Crippen molar-refractivity contribution in [1.29, 1.82) is 0 Å². The summed E-state index contributed by atoms with van der Waals surface area (Å²) in [7, 11) is -1.48. The number of sulfone groups is 1. The van der Waals surface area contributed by atoms with Crippen molar-refractivity contribution >= 4 is 32.9 Å². The molecule has 2 saturated heterocycles. The Morgan fingerprint density at radius 3 is 2.42 bits per heavy atom. The SMILES string of the molecule is COc1ccccc1N1C(=S)N(Cc2ccccc2)[C@H]2CS(=O)(=O)C[C@@H]21. The summed E-state index contributed by atoms with van der Waals surface area (Å²) in [6.45, 7) is 0.599. The number of ether oxygens (including phenoxy) is 1. The number of rotatable bonds is 4. The molecule has 0 spiro atoms. The summed E-state index contributed by atoms with van der Waals surface area (Å²) in [6, 6.07) is 17.3. The molecular weight excluding hydrogens is 368 g/mol. The van der Waals surface area contributed by atoms with E-state index in [-0.39, 0.29) is 23.6 Å². The van der Waals surface area contributed by atoms with E-state index in [1.165, 1.54) is 0 Å². The van der Waals surface area contributed by atoms with Crippen molar-refractivity contribution in [1.82, 2.24) is 4.90 Å². The minimum absolute atomic E-state index is 0.112. The number of hydrogen-bond donors (Lipinski definition) is 0. The van der Waals surface area contributed by atoms with Gasteiger partial charge in [-0.25, -0.2) is 8.42 Å². The van der Waals surface area contributed by atoms with Crippen LogP contribution in [0.3, 0.4) is 0 Å². The van der Waals surface area contributed by atoms with E-state index in [0.717, 1.165) is 11.3 Å². The summed E-state index contributed by atoms with van der Waals surface area (Å²) < 4.78 is 30.2. The van der Waals surface area contributed by atoms with E-state index in [2.05, 4.69) is 0 Å². The average Bonchev–Trinajstić information content (AvgIpc) is 3.07. The van der Waals surface area contributed by atoms with Crippen LogP contribution >= 0.6 is 12.2 Å². The van der Waals surface area contributed by atoms with Crippen LogP contribution in [0.1, 0.15) is 5.56 Å². The monoisotopic (exact) mass is 388 g/mol. The molecule has 26 heavy (non-hydrogen) atoms. The molecule has 0 unspecified atom stereocenters. The van der Waals surface area contributed by atoms with Crippen LogP contribution in [-0.2, 0) is 16.4 Å². The maximum absolute atomic E-state index is 12.4. The third kappa shape index (κ3) is 2.95. The van der Waals surface area contributed by atoms with Gasteiger partial charge >= 0.3 is 0 Å². The van der Waals surface area contributed by atoms with Crippen molar-refractivity contribution in [3.63, 3.8) is 0 Å². The largest absolute Gasteiger partial charge is 0.495 e. The van der Waals surface area contributed by atoms with E-state index in [1.807, 2.05) is 64.4 Å². The maximum atomic E-state index is 12.4. The molecule has 0 bridgehead atoms. The fraction of sp³-hybridized carbons (Fsp3) is 0.316. The first kappa shape index (κ1) is 17.3. The van der Waals surface area contributed by atoms with Gasteiger partial charge in [-0.2, -0.15) is 0 Å². The number of para-hydroxylation sites is 2. The van der Waals surface area contributed by atoms with Gasteiger partial charge < -0.3 is 14.5 Å². The fourth-order valence-electron chi connectivity index (χ4n) is 3.85. The lowest BCUT2D eigenvalue weighted by Gasteiger charge is -2.26. The highest BCUT2D eigenvalue weighted by molar-refractivity contribution is 7.91. The Hall–Kier alpha value is -2.12. The predicted octanol–water partition coefficient (Wildman–Crippen LogP) is 2.47. The summed E-state index contributed by atoms with van der Waals surface area (Å²) in [6.07, 6.45) is 0. The molecule has 2 atom stereocenters. The van der Waals surface area contributed by atoms with Crippen molar-refractivity contribution in [2.24, 2.45) is 0 Å². The van der Waals surface area contributed by atoms with Gasteiger partial charge in [-0.15, -0.1) is 0 Å². The molecule has 0 radical (unpaired) electrons. The van der Waals surface area contributed by atoms with Crippen LogP contribution in [0, 0.1) is 0 Å². The molecule has 0 saturated carbocycles. The molecule has 2 aliphatic rings. The van der Waals surface area contributed by atoms with Gasteiger partial charge in [0, 0.05) is 6.54 Å². The van der Waals surface area contributed by atoms with Crippen LogP contribution in [0.2, 0.25) is 0 Å². The molecule has 7 heteroatoms. The van der Waals surface area contributed by atoms with Crippen LogP contribution in [0.15, 0.2) is 54.6 Å². The predicted molar refractivity (Wildman–Crippen MR) is 106 cm³/mol. The Balaban J connectivity index is 1.74. The number of benzene rings is 2. The number of thiocarbonyl (C=S) groups is 1. The lowest BCUT2D eigenvalue weighted by molar-refractivity contribution is 0.350. The molecule has 5 nitrogen and oxygen atoms in total. The summed E-state index contributed by atoms with van der Waals surface area (Å²) in [5.41, 5.74) is 1.93. The number of anilines is 1. The van der Waals surface area contributed by atoms with Crippen molar-refractivity contribution in [3.8, 4) is 5.75 Å². The van der Waals surface area contributed by atoms with Gasteiger partial charge in [0.1, 0.15) is 5.75 Å². The molecular formula is C19H20N2O3S2. The van der Waals surface area contributed by atoms with E-state index >= 15 is 0 Å². The highest BCUT2D eigenvalue weighted by Crippen LogP contribution is 2.39. The van der Waals surface area contributed by atoms with Crippen LogP contribution in [-0.4, -0.2) is 49.1 Å². The van der Waals surface area contributed by atoms with Crippen molar-refractivity contribution in [2.75, 3.05) is 23.5 Å². The third-order valence-electron chi connectivity index (χ3n) is 5.02. The molecule has 2 heterocycles. The Morgan fingerprint density at radius 2 is 1.69 bits per heavy atom. The summed E-state index contributed by atoms with van der Waals surface area (Å²) >= 11 is 5.78. The van der Waals surface area contributed by atoms with Crippen LogP contribution < -0.4 is 9.64 Å². The van der Waals surface area contributed by atoms with E-state index in [1.54, 1.807) is 7.11 Å². The summed E-state index contributed by atoms with van der Waals surface area (Å²) in [5, 5.41) is 0.656. The molecule has 0 amide bonds. The van der Waals surface area contributed by atoms with Crippen LogP contribution in [0.4, 0.5) is 5.69 Å². The second kappa shape index (κ2) is 6.55. The molecule has 2 aliphatic heterocycles. The molecule has 136 valence electrons. The van der Waals surface area contributed by atoms with Gasteiger partial charge in [0.25, 0.3) is 0 Å². The topological polar surface area (TPSA) is 49.9 Å². The first-order valence-electron chi connectivity index (χ1n) is 8.47. The highest BCUT2D eigenvalue weighted by atomic mass is 32.2. The standard InChI is InChI=1S/C19H20N2O3S2/c1-24-18-10-6-5-9-15(18)21-17-13-26(22,23)12-16(17)20(19(21)25)11-14-7-3-2-4-8-14/h2-10,16-17H,11-13H2,1H3/t16-,17-/m0/s1. The van der Waals surface area contributed by atoms with Gasteiger partial charge in [0.05, 0.1) is 36.4 Å². The minimum Gasteiger partial charge on any atom is -0.495 e. The molecule has 2 aromatic rings. The summed E-state index contributed by atoms with van der Waals surface area (Å²) in [4.78, 5) is 4.01. The zero-order chi connectivity index (χ0) is 18.3. The molecule has 0 aromatic heterocycles.